The summed E-state index contributed by atoms with van der Waals surface area (Å²) in [6, 6.07) is 7.04. The fourth-order valence-electron chi connectivity index (χ4n) is 2.32. The van der Waals surface area contributed by atoms with Gasteiger partial charge >= 0.3 is 0 Å². The molecular weight excluding hydrogens is 226 g/mol. The van der Waals surface area contributed by atoms with E-state index in [9.17, 15) is 0 Å². The van der Waals surface area contributed by atoms with Gasteiger partial charge < -0.3 is 14.4 Å². The molecule has 0 bridgehead atoms. The highest BCUT2D eigenvalue weighted by atomic mass is 16.5. The van der Waals surface area contributed by atoms with Crippen LogP contribution < -0.4 is 9.47 Å². The fraction of sp³-hybridized carbons (Fsp3) is 0.600. The second kappa shape index (κ2) is 6.64. The lowest BCUT2D eigenvalue weighted by atomic mass is 10.2. The third kappa shape index (κ3) is 3.91. The lowest BCUT2D eigenvalue weighted by Crippen LogP contribution is -2.21. The summed E-state index contributed by atoms with van der Waals surface area (Å²) in [6.45, 7) is 6.40. The Labute approximate surface area is 110 Å². The van der Waals surface area contributed by atoms with Gasteiger partial charge in [0.25, 0.3) is 0 Å². The molecule has 18 heavy (non-hydrogen) atoms. The van der Waals surface area contributed by atoms with E-state index in [1.54, 1.807) is 7.11 Å². The maximum absolute atomic E-state index is 5.73. The molecule has 0 saturated carbocycles. The number of aryl methyl sites for hydroxylation is 1. The van der Waals surface area contributed by atoms with Gasteiger partial charge in [0.05, 0.1) is 13.7 Å². The Hall–Kier alpha value is -1.22. The smallest absolute Gasteiger partial charge is 0.131 e. The largest absolute Gasteiger partial charge is 0.497 e. The van der Waals surface area contributed by atoms with Crippen molar-refractivity contribution < 1.29 is 9.47 Å². The van der Waals surface area contributed by atoms with E-state index in [-0.39, 0.29) is 0 Å². The average Bonchev–Trinajstić information content (AvgIpc) is 2.87. The molecule has 1 aromatic rings. The molecular formula is C15H22NO2. The van der Waals surface area contributed by atoms with Crippen LogP contribution in [0.5, 0.6) is 11.5 Å². The third-order valence-corrected chi connectivity index (χ3v) is 3.26. The molecule has 1 radical (unpaired) electrons. The lowest BCUT2D eigenvalue weighted by Gasteiger charge is -2.14. The molecule has 1 fully saturated rings. The zero-order valence-corrected chi connectivity index (χ0v) is 11.4. The van der Waals surface area contributed by atoms with Gasteiger partial charge in [0.2, 0.25) is 0 Å². The number of benzene rings is 1. The first-order chi connectivity index (χ1) is 8.78. The number of nitrogens with zero attached hydrogens (tertiary/aromatic N) is 1. The van der Waals surface area contributed by atoms with Crippen LogP contribution in [-0.4, -0.2) is 38.3 Å². The first-order valence-electron chi connectivity index (χ1n) is 6.71. The van der Waals surface area contributed by atoms with Crippen LogP contribution in [0.15, 0.2) is 12.1 Å². The van der Waals surface area contributed by atoms with Gasteiger partial charge in [-0.05, 0) is 50.9 Å². The van der Waals surface area contributed by atoms with Crippen LogP contribution in [0.3, 0.4) is 0 Å². The Morgan fingerprint density at radius 2 is 2.06 bits per heavy atom. The normalized spacial score (nSPS) is 15.9. The predicted molar refractivity (Wildman–Crippen MR) is 72.4 cm³/mol. The zero-order chi connectivity index (χ0) is 12.8. The Kier molecular flexibility index (Phi) is 4.88. The minimum atomic E-state index is 0.750. The number of likely N-dealkylation sites (tertiary alicyclic amines) is 1. The fourth-order valence-corrected chi connectivity index (χ4v) is 2.32. The van der Waals surface area contributed by atoms with Crippen LogP contribution in [0, 0.1) is 13.0 Å². The summed E-state index contributed by atoms with van der Waals surface area (Å²) >= 11 is 0. The van der Waals surface area contributed by atoms with E-state index in [4.69, 9.17) is 9.47 Å². The van der Waals surface area contributed by atoms with Crippen LogP contribution in [0.1, 0.15) is 24.8 Å². The molecule has 0 N–H and O–H groups in total. The summed E-state index contributed by atoms with van der Waals surface area (Å²) in [5, 5.41) is 0. The topological polar surface area (TPSA) is 21.7 Å². The van der Waals surface area contributed by atoms with Crippen molar-refractivity contribution in [3.63, 3.8) is 0 Å². The molecule has 1 heterocycles. The average molecular weight is 248 g/mol. The monoisotopic (exact) mass is 248 g/mol. The van der Waals surface area contributed by atoms with Crippen molar-refractivity contribution in [3.05, 3.63) is 23.8 Å². The van der Waals surface area contributed by atoms with Gasteiger partial charge in [-0.2, -0.15) is 0 Å². The Balaban J connectivity index is 1.73. The highest BCUT2D eigenvalue weighted by Crippen LogP contribution is 2.21. The first kappa shape index (κ1) is 13.2. The molecule has 0 amide bonds. The Morgan fingerprint density at radius 3 is 2.78 bits per heavy atom. The zero-order valence-electron chi connectivity index (χ0n) is 11.4. The molecule has 1 saturated heterocycles. The van der Waals surface area contributed by atoms with E-state index in [2.05, 4.69) is 11.0 Å². The van der Waals surface area contributed by atoms with E-state index in [1.165, 1.54) is 25.9 Å². The van der Waals surface area contributed by atoms with Gasteiger partial charge in [-0.1, -0.05) is 0 Å². The van der Waals surface area contributed by atoms with Gasteiger partial charge in [0.15, 0.2) is 0 Å². The molecule has 1 aliphatic rings. The summed E-state index contributed by atoms with van der Waals surface area (Å²) in [5.74, 6) is 1.62. The van der Waals surface area contributed by atoms with E-state index >= 15 is 0 Å². The van der Waals surface area contributed by atoms with Crippen molar-refractivity contribution >= 4 is 0 Å². The Morgan fingerprint density at radius 1 is 1.28 bits per heavy atom. The highest BCUT2D eigenvalue weighted by molar-refractivity contribution is 5.36. The molecule has 1 aliphatic heterocycles. The maximum atomic E-state index is 5.73. The SMILES string of the molecule is COc1cc(C)[c]c(OCCCN2CCCC2)c1. The third-order valence-electron chi connectivity index (χ3n) is 3.26. The van der Waals surface area contributed by atoms with E-state index in [0.717, 1.165) is 36.6 Å². The Bertz CT molecular complexity index is 373. The molecule has 0 aliphatic carbocycles. The maximum Gasteiger partial charge on any atom is 0.131 e. The minimum absolute atomic E-state index is 0.750. The van der Waals surface area contributed by atoms with Crippen LogP contribution in [0.2, 0.25) is 0 Å². The highest BCUT2D eigenvalue weighted by Gasteiger charge is 2.10. The molecule has 1 aromatic carbocycles. The molecule has 99 valence electrons. The van der Waals surface area contributed by atoms with Crippen LogP contribution in [-0.2, 0) is 0 Å². The van der Waals surface area contributed by atoms with Gasteiger partial charge in [-0.25, -0.2) is 0 Å². The van der Waals surface area contributed by atoms with E-state index < -0.39 is 0 Å². The van der Waals surface area contributed by atoms with Crippen LogP contribution in [0.4, 0.5) is 0 Å². The minimum Gasteiger partial charge on any atom is -0.497 e. The molecule has 0 unspecified atom stereocenters. The van der Waals surface area contributed by atoms with Crippen LogP contribution >= 0.6 is 0 Å². The van der Waals surface area contributed by atoms with Gasteiger partial charge in [0, 0.05) is 18.7 Å². The number of ether oxygens (including phenoxy) is 2. The van der Waals surface area contributed by atoms with Crippen molar-refractivity contribution in [2.24, 2.45) is 0 Å². The van der Waals surface area contributed by atoms with Crippen molar-refractivity contribution in [2.45, 2.75) is 26.2 Å². The lowest BCUT2D eigenvalue weighted by molar-refractivity contribution is 0.262. The molecule has 2 rings (SSSR count). The molecule has 3 nitrogen and oxygen atoms in total. The van der Waals surface area contributed by atoms with E-state index in [0.29, 0.717) is 0 Å². The van der Waals surface area contributed by atoms with Crippen LogP contribution in [0.25, 0.3) is 0 Å². The van der Waals surface area contributed by atoms with Crippen molar-refractivity contribution in [1.82, 2.24) is 4.90 Å². The summed E-state index contributed by atoms with van der Waals surface area (Å²) < 4.78 is 10.9. The number of hydrogen-bond donors (Lipinski definition) is 0. The quantitative estimate of drug-likeness (QED) is 0.722. The summed E-state index contributed by atoms with van der Waals surface area (Å²) in [6.07, 6.45) is 3.78. The number of hydrogen-bond acceptors (Lipinski definition) is 3. The van der Waals surface area contributed by atoms with Gasteiger partial charge in [0.1, 0.15) is 11.5 Å². The molecule has 0 aromatic heterocycles. The second-order valence-electron chi connectivity index (χ2n) is 4.82. The van der Waals surface area contributed by atoms with Crippen molar-refractivity contribution in [3.8, 4) is 11.5 Å². The number of rotatable bonds is 6. The molecule has 0 atom stereocenters. The summed E-state index contributed by atoms with van der Waals surface area (Å²) in [4.78, 5) is 2.50. The second-order valence-corrected chi connectivity index (χ2v) is 4.82. The number of methoxy groups -OCH3 is 1. The first-order valence-corrected chi connectivity index (χ1v) is 6.71. The molecule has 0 spiro atoms. The van der Waals surface area contributed by atoms with Crippen molar-refractivity contribution in [1.29, 1.82) is 0 Å². The summed E-state index contributed by atoms with van der Waals surface area (Å²) in [5.41, 5.74) is 1.05. The van der Waals surface area contributed by atoms with E-state index in [1.807, 2.05) is 19.1 Å². The van der Waals surface area contributed by atoms with Gasteiger partial charge in [-0.15, -0.1) is 0 Å². The predicted octanol–water partition coefficient (Wildman–Crippen LogP) is 2.67. The van der Waals surface area contributed by atoms with Gasteiger partial charge in [-0.3, -0.25) is 0 Å². The summed E-state index contributed by atoms with van der Waals surface area (Å²) in [7, 11) is 1.67. The van der Waals surface area contributed by atoms with Crippen molar-refractivity contribution in [2.75, 3.05) is 33.4 Å². The standard InChI is InChI=1S/C15H22NO2/c1-13-10-14(17-2)12-15(11-13)18-9-5-8-16-6-3-4-7-16/h10,12H,3-9H2,1-2H3. The molecule has 3 heteroatoms.